The Balaban J connectivity index is 1.25. The van der Waals surface area contributed by atoms with Crippen LogP contribution in [0.5, 0.6) is 0 Å². The standard InChI is InChI=1S/C55H34N2O/c1-4-18-35(19-5-1)55(36-20-6-2-7-21-36)44-28-14-10-24-39(44)40-33-32-38(34-45(40)55)57-47-30-16-12-26-42(47)50-52(57)49-41-25-11-15-29-46(41)56(37-22-8-3-9-23-37)53(49)51-43-27-13-17-31-48(43)58-54(50)51/h1-34H. The second-order valence-electron chi connectivity index (χ2n) is 15.5. The van der Waals surface area contributed by atoms with Crippen LogP contribution in [0.1, 0.15) is 22.3 Å². The maximum absolute atomic E-state index is 7.06. The van der Waals surface area contributed by atoms with Crippen molar-refractivity contribution >= 4 is 65.6 Å². The van der Waals surface area contributed by atoms with Crippen LogP contribution >= 0.6 is 0 Å². The lowest BCUT2D eigenvalue weighted by atomic mass is 9.67. The number of benzene rings is 9. The highest BCUT2D eigenvalue weighted by Gasteiger charge is 2.46. The van der Waals surface area contributed by atoms with E-state index in [0.717, 1.165) is 60.8 Å². The van der Waals surface area contributed by atoms with Gasteiger partial charge in [0.05, 0.1) is 38.3 Å². The molecule has 0 saturated carbocycles. The highest BCUT2D eigenvalue weighted by molar-refractivity contribution is 6.39. The Morgan fingerprint density at radius 3 is 1.55 bits per heavy atom. The number of fused-ring (bicyclic) bond motifs is 15. The van der Waals surface area contributed by atoms with Crippen LogP contribution in [0.15, 0.2) is 211 Å². The average Bonchev–Trinajstić information content (AvgIpc) is 4.03. The van der Waals surface area contributed by atoms with Gasteiger partial charge in [-0.05, 0) is 75.8 Å². The van der Waals surface area contributed by atoms with Crippen LogP contribution in [0.3, 0.4) is 0 Å². The molecule has 0 radical (unpaired) electrons. The molecule has 0 bridgehead atoms. The summed E-state index contributed by atoms with van der Waals surface area (Å²) in [5.74, 6) is 0. The molecule has 1 aliphatic carbocycles. The fourth-order valence-corrected chi connectivity index (χ4v) is 10.6. The zero-order valence-electron chi connectivity index (χ0n) is 31.4. The molecular formula is C55H34N2O. The van der Waals surface area contributed by atoms with Gasteiger partial charge in [0, 0.05) is 32.9 Å². The van der Waals surface area contributed by atoms with Gasteiger partial charge < -0.3 is 13.6 Å². The Morgan fingerprint density at radius 2 is 0.862 bits per heavy atom. The van der Waals surface area contributed by atoms with Crippen molar-refractivity contribution in [3.8, 4) is 22.5 Å². The molecular weight excluding hydrogens is 705 g/mol. The zero-order chi connectivity index (χ0) is 38.0. The largest absolute Gasteiger partial charge is 0.455 e. The molecule has 0 fully saturated rings. The van der Waals surface area contributed by atoms with E-state index >= 15 is 0 Å². The molecule has 0 N–H and O–H groups in total. The summed E-state index contributed by atoms with van der Waals surface area (Å²) in [4.78, 5) is 0. The number of nitrogens with zero attached hydrogens (tertiary/aromatic N) is 2. The third-order valence-corrected chi connectivity index (χ3v) is 12.8. The smallest absolute Gasteiger partial charge is 0.147 e. The van der Waals surface area contributed by atoms with Crippen LogP contribution in [0.25, 0.3) is 88.1 Å². The number of hydrogen-bond acceptors (Lipinski definition) is 1. The van der Waals surface area contributed by atoms with Crippen molar-refractivity contribution in [2.75, 3.05) is 0 Å². The molecule has 1 aliphatic rings. The van der Waals surface area contributed by atoms with Crippen molar-refractivity contribution in [2.45, 2.75) is 5.41 Å². The molecule has 3 nitrogen and oxygen atoms in total. The minimum absolute atomic E-state index is 0.520. The van der Waals surface area contributed by atoms with E-state index < -0.39 is 5.41 Å². The summed E-state index contributed by atoms with van der Waals surface area (Å²) in [6.45, 7) is 0. The van der Waals surface area contributed by atoms with Gasteiger partial charge in [0.2, 0.25) is 0 Å². The van der Waals surface area contributed by atoms with Crippen molar-refractivity contribution in [1.82, 2.24) is 9.13 Å². The summed E-state index contributed by atoms with van der Waals surface area (Å²) in [7, 11) is 0. The molecule has 0 unspecified atom stereocenters. The molecule has 3 heterocycles. The van der Waals surface area contributed by atoms with E-state index in [1.807, 2.05) is 0 Å². The Bertz CT molecular complexity index is 3570. The maximum atomic E-state index is 7.06. The Morgan fingerprint density at radius 1 is 0.362 bits per heavy atom. The van der Waals surface area contributed by atoms with Crippen LogP contribution < -0.4 is 0 Å². The molecule has 13 rings (SSSR count). The predicted octanol–water partition coefficient (Wildman–Crippen LogP) is 14.1. The molecule has 3 heteroatoms. The lowest BCUT2D eigenvalue weighted by Crippen LogP contribution is -2.28. The average molecular weight is 739 g/mol. The lowest BCUT2D eigenvalue weighted by Gasteiger charge is -2.34. The SMILES string of the molecule is c1ccc(-n2c3ccccc3c3c4c(c5ccccc5n4-c4ccc5c(c4)C(c4ccccc4)(c4ccccc4)c4ccccc4-5)c4oc5ccccc5c4c32)cc1. The highest BCUT2D eigenvalue weighted by atomic mass is 16.3. The van der Waals surface area contributed by atoms with Gasteiger partial charge in [-0.3, -0.25) is 0 Å². The summed E-state index contributed by atoms with van der Waals surface area (Å²) in [6, 6.07) is 75.3. The Labute approximate surface area is 334 Å². The van der Waals surface area contributed by atoms with Crippen LogP contribution in [-0.4, -0.2) is 9.13 Å². The van der Waals surface area contributed by atoms with Gasteiger partial charge in [-0.1, -0.05) is 164 Å². The number of para-hydroxylation sites is 4. The monoisotopic (exact) mass is 738 g/mol. The van der Waals surface area contributed by atoms with E-state index in [9.17, 15) is 0 Å². The summed E-state index contributed by atoms with van der Waals surface area (Å²) in [6.07, 6.45) is 0. The third kappa shape index (κ3) is 3.97. The maximum Gasteiger partial charge on any atom is 0.147 e. The predicted molar refractivity (Wildman–Crippen MR) is 240 cm³/mol. The van der Waals surface area contributed by atoms with Gasteiger partial charge in [-0.15, -0.1) is 0 Å². The topological polar surface area (TPSA) is 23.0 Å². The van der Waals surface area contributed by atoms with Gasteiger partial charge in [0.1, 0.15) is 11.2 Å². The number of furan rings is 1. The molecule has 12 aromatic rings. The van der Waals surface area contributed by atoms with Gasteiger partial charge in [0.15, 0.2) is 0 Å². The number of rotatable bonds is 4. The first-order valence-corrected chi connectivity index (χ1v) is 20.0. The summed E-state index contributed by atoms with van der Waals surface area (Å²) in [5, 5.41) is 6.97. The van der Waals surface area contributed by atoms with Gasteiger partial charge in [-0.25, -0.2) is 0 Å². The van der Waals surface area contributed by atoms with Crippen LogP contribution in [0.4, 0.5) is 0 Å². The van der Waals surface area contributed by atoms with Crippen molar-refractivity contribution in [3.05, 3.63) is 229 Å². The van der Waals surface area contributed by atoms with E-state index in [0.29, 0.717) is 0 Å². The number of aromatic nitrogens is 2. The second kappa shape index (κ2) is 11.7. The molecule has 9 aromatic carbocycles. The summed E-state index contributed by atoms with van der Waals surface area (Å²) in [5.41, 5.74) is 15.7. The molecule has 270 valence electrons. The lowest BCUT2D eigenvalue weighted by molar-refractivity contribution is 0.673. The molecule has 0 amide bonds. The molecule has 0 saturated heterocycles. The van der Waals surface area contributed by atoms with Gasteiger partial charge in [-0.2, -0.15) is 0 Å². The van der Waals surface area contributed by atoms with E-state index in [1.165, 1.54) is 49.5 Å². The van der Waals surface area contributed by atoms with E-state index in [-0.39, 0.29) is 0 Å². The van der Waals surface area contributed by atoms with Gasteiger partial charge >= 0.3 is 0 Å². The van der Waals surface area contributed by atoms with Crippen molar-refractivity contribution in [3.63, 3.8) is 0 Å². The quantitative estimate of drug-likeness (QED) is 0.176. The van der Waals surface area contributed by atoms with E-state index in [4.69, 9.17) is 4.42 Å². The molecule has 0 spiro atoms. The first kappa shape index (κ1) is 31.6. The van der Waals surface area contributed by atoms with Gasteiger partial charge in [0.25, 0.3) is 0 Å². The van der Waals surface area contributed by atoms with Crippen LogP contribution in [0.2, 0.25) is 0 Å². The molecule has 3 aromatic heterocycles. The minimum Gasteiger partial charge on any atom is -0.455 e. The fourth-order valence-electron chi connectivity index (χ4n) is 10.6. The summed E-state index contributed by atoms with van der Waals surface area (Å²) >= 11 is 0. The summed E-state index contributed by atoms with van der Waals surface area (Å²) < 4.78 is 12.0. The van der Waals surface area contributed by atoms with Crippen LogP contribution in [-0.2, 0) is 5.41 Å². The van der Waals surface area contributed by atoms with E-state index in [1.54, 1.807) is 0 Å². The minimum atomic E-state index is -0.520. The first-order chi connectivity index (χ1) is 28.8. The Hall–Kier alpha value is -7.62. The molecule has 0 aliphatic heterocycles. The molecule has 0 atom stereocenters. The normalized spacial score (nSPS) is 13.3. The number of hydrogen-bond donors (Lipinski definition) is 0. The highest BCUT2D eigenvalue weighted by Crippen LogP contribution is 2.57. The zero-order valence-corrected chi connectivity index (χ0v) is 31.4. The third-order valence-electron chi connectivity index (χ3n) is 12.8. The first-order valence-electron chi connectivity index (χ1n) is 20.0. The van der Waals surface area contributed by atoms with Crippen molar-refractivity contribution in [1.29, 1.82) is 0 Å². The fraction of sp³-hybridized carbons (Fsp3) is 0.0182. The Kier molecular flexibility index (Phi) is 6.37. The van der Waals surface area contributed by atoms with Crippen molar-refractivity contribution < 1.29 is 4.42 Å². The molecule has 58 heavy (non-hydrogen) atoms. The van der Waals surface area contributed by atoms with E-state index in [2.05, 4.69) is 215 Å². The van der Waals surface area contributed by atoms with Crippen molar-refractivity contribution in [2.24, 2.45) is 0 Å². The second-order valence-corrected chi connectivity index (χ2v) is 15.5. The van der Waals surface area contributed by atoms with Crippen LogP contribution in [0, 0.1) is 0 Å².